The van der Waals surface area contributed by atoms with Gasteiger partial charge in [0.1, 0.15) is 0 Å². The summed E-state index contributed by atoms with van der Waals surface area (Å²) < 4.78 is 0.334. The Kier molecular flexibility index (Phi) is 3.62. The molecule has 2 N–H and O–H groups in total. The zero-order valence-electron chi connectivity index (χ0n) is 9.67. The maximum absolute atomic E-state index is 12.3. The van der Waals surface area contributed by atoms with Gasteiger partial charge < -0.3 is 5.73 Å². The number of hydrogen-bond acceptors (Lipinski definition) is 4. The average Bonchev–Trinajstić information content (AvgIpc) is 2.41. The molecule has 0 aliphatic rings. The highest BCUT2D eigenvalue weighted by Gasteiger charge is 2.19. The summed E-state index contributed by atoms with van der Waals surface area (Å²) in [6.07, 6.45) is 0. The molecule has 0 aliphatic heterocycles. The van der Waals surface area contributed by atoms with E-state index in [0.717, 1.165) is 0 Å². The van der Waals surface area contributed by atoms with Crippen LogP contribution >= 0.6 is 15.9 Å². The minimum atomic E-state index is -0.564. The Morgan fingerprint density at radius 2 is 1.84 bits per heavy atom. The molecular weight excluding hydrogens is 312 g/mol. The van der Waals surface area contributed by atoms with Gasteiger partial charge in [-0.15, -0.1) is 0 Å². The predicted molar refractivity (Wildman–Crippen MR) is 75.1 cm³/mol. The molecule has 0 saturated heterocycles. The van der Waals surface area contributed by atoms with Crippen LogP contribution < -0.4 is 5.73 Å². The molecule has 0 aromatic heterocycles. The predicted octanol–water partition coefficient (Wildman–Crippen LogP) is 3.17. The number of benzene rings is 2. The first-order valence-corrected chi connectivity index (χ1v) is 6.13. The van der Waals surface area contributed by atoms with Gasteiger partial charge in [0.15, 0.2) is 5.78 Å². The van der Waals surface area contributed by atoms with E-state index in [0.29, 0.717) is 10.0 Å². The standard InChI is InChI=1S/C13H9BrN2O3/c14-11-7-9(16(18)19)6-10(12(11)15)13(17)8-4-2-1-3-5-8/h1-7H,15H2. The fourth-order valence-corrected chi connectivity index (χ4v) is 2.09. The Morgan fingerprint density at radius 3 is 2.42 bits per heavy atom. The highest BCUT2D eigenvalue weighted by atomic mass is 79.9. The largest absolute Gasteiger partial charge is 0.397 e. The second kappa shape index (κ2) is 5.19. The molecule has 0 radical (unpaired) electrons. The molecule has 2 rings (SSSR count). The van der Waals surface area contributed by atoms with E-state index in [1.807, 2.05) is 0 Å². The van der Waals surface area contributed by atoms with Crippen LogP contribution in [0.2, 0.25) is 0 Å². The van der Waals surface area contributed by atoms with Crippen molar-refractivity contribution in [2.45, 2.75) is 0 Å². The van der Waals surface area contributed by atoms with E-state index >= 15 is 0 Å². The van der Waals surface area contributed by atoms with Crippen molar-refractivity contribution in [3.05, 3.63) is 68.2 Å². The van der Waals surface area contributed by atoms with Crippen LogP contribution in [-0.4, -0.2) is 10.7 Å². The van der Waals surface area contributed by atoms with Crippen molar-refractivity contribution in [1.82, 2.24) is 0 Å². The number of halogens is 1. The first-order valence-electron chi connectivity index (χ1n) is 5.34. The first-order chi connectivity index (χ1) is 9.00. The average molecular weight is 321 g/mol. The topological polar surface area (TPSA) is 86.2 Å². The zero-order valence-corrected chi connectivity index (χ0v) is 11.3. The molecule has 0 heterocycles. The number of ketones is 1. The Bertz CT molecular complexity index is 656. The third kappa shape index (κ3) is 2.63. The molecule has 0 amide bonds. The SMILES string of the molecule is Nc1c(Br)cc([N+](=O)[O-])cc1C(=O)c1ccccc1. The van der Waals surface area contributed by atoms with Gasteiger partial charge in [-0.25, -0.2) is 0 Å². The van der Waals surface area contributed by atoms with Crippen LogP contribution in [0, 0.1) is 10.1 Å². The van der Waals surface area contributed by atoms with Crippen molar-refractivity contribution in [1.29, 1.82) is 0 Å². The van der Waals surface area contributed by atoms with Gasteiger partial charge in [-0.3, -0.25) is 14.9 Å². The van der Waals surface area contributed by atoms with Crippen LogP contribution in [0.25, 0.3) is 0 Å². The fourth-order valence-electron chi connectivity index (χ4n) is 1.64. The molecule has 96 valence electrons. The molecule has 0 atom stereocenters. The number of carbonyl (C=O) groups is 1. The Morgan fingerprint density at radius 1 is 1.21 bits per heavy atom. The van der Waals surface area contributed by atoms with Gasteiger partial charge in [-0.1, -0.05) is 30.3 Å². The van der Waals surface area contributed by atoms with E-state index in [9.17, 15) is 14.9 Å². The smallest absolute Gasteiger partial charge is 0.271 e. The summed E-state index contributed by atoms with van der Waals surface area (Å²) in [6, 6.07) is 10.9. The van der Waals surface area contributed by atoms with Gasteiger partial charge in [0, 0.05) is 22.2 Å². The number of rotatable bonds is 3. The van der Waals surface area contributed by atoms with Crippen molar-refractivity contribution in [3.63, 3.8) is 0 Å². The van der Waals surface area contributed by atoms with Crippen LogP contribution in [0.4, 0.5) is 11.4 Å². The van der Waals surface area contributed by atoms with Crippen LogP contribution in [-0.2, 0) is 0 Å². The number of nitrogen functional groups attached to an aromatic ring is 1. The Labute approximate surface area is 117 Å². The van der Waals surface area contributed by atoms with E-state index in [1.165, 1.54) is 12.1 Å². The molecule has 0 fully saturated rings. The molecule has 5 nitrogen and oxygen atoms in total. The van der Waals surface area contributed by atoms with Crippen LogP contribution in [0.15, 0.2) is 46.9 Å². The second-order valence-electron chi connectivity index (χ2n) is 3.84. The van der Waals surface area contributed by atoms with Gasteiger partial charge in [-0.05, 0) is 15.9 Å². The molecule has 0 unspecified atom stereocenters. The lowest BCUT2D eigenvalue weighted by Gasteiger charge is -2.07. The summed E-state index contributed by atoms with van der Waals surface area (Å²) in [5.74, 6) is -0.345. The lowest BCUT2D eigenvalue weighted by Crippen LogP contribution is -2.07. The lowest BCUT2D eigenvalue weighted by molar-refractivity contribution is -0.384. The molecule has 6 heteroatoms. The van der Waals surface area contributed by atoms with Crippen molar-refractivity contribution in [3.8, 4) is 0 Å². The van der Waals surface area contributed by atoms with Crippen LogP contribution in [0.1, 0.15) is 15.9 Å². The number of hydrogen-bond donors (Lipinski definition) is 1. The quantitative estimate of drug-likeness (QED) is 0.407. The molecule has 0 spiro atoms. The van der Waals surface area contributed by atoms with E-state index in [4.69, 9.17) is 5.73 Å². The molecule has 2 aromatic carbocycles. The minimum absolute atomic E-state index is 0.118. The number of non-ortho nitro benzene ring substituents is 1. The first kappa shape index (κ1) is 13.2. The summed E-state index contributed by atoms with van der Waals surface area (Å²) >= 11 is 3.12. The molecule has 2 aromatic rings. The summed E-state index contributed by atoms with van der Waals surface area (Å²) in [6.45, 7) is 0. The van der Waals surface area contributed by atoms with Gasteiger partial charge >= 0.3 is 0 Å². The van der Waals surface area contributed by atoms with Crippen molar-refractivity contribution in [2.75, 3.05) is 5.73 Å². The summed E-state index contributed by atoms with van der Waals surface area (Å²) in [7, 11) is 0. The monoisotopic (exact) mass is 320 g/mol. The van der Waals surface area contributed by atoms with Gasteiger partial charge in [0.2, 0.25) is 0 Å². The van der Waals surface area contributed by atoms with Crippen LogP contribution in [0.5, 0.6) is 0 Å². The minimum Gasteiger partial charge on any atom is -0.397 e. The lowest BCUT2D eigenvalue weighted by atomic mass is 10.0. The fraction of sp³-hybridized carbons (Fsp3) is 0. The number of nitrogens with two attached hydrogens (primary N) is 1. The normalized spacial score (nSPS) is 10.2. The van der Waals surface area contributed by atoms with Crippen molar-refractivity contribution >= 4 is 33.1 Å². The Hall–Kier alpha value is -2.21. The Balaban J connectivity index is 2.56. The van der Waals surface area contributed by atoms with Gasteiger partial charge in [-0.2, -0.15) is 0 Å². The van der Waals surface area contributed by atoms with Crippen molar-refractivity contribution < 1.29 is 9.72 Å². The van der Waals surface area contributed by atoms with Gasteiger partial charge in [0.05, 0.1) is 16.2 Å². The third-order valence-corrected chi connectivity index (χ3v) is 3.26. The summed E-state index contributed by atoms with van der Waals surface area (Å²) in [5, 5.41) is 10.8. The maximum atomic E-state index is 12.3. The summed E-state index contributed by atoms with van der Waals surface area (Å²) in [4.78, 5) is 22.5. The molecular formula is C13H9BrN2O3. The van der Waals surface area contributed by atoms with Crippen LogP contribution in [0.3, 0.4) is 0 Å². The molecule has 0 aliphatic carbocycles. The van der Waals surface area contributed by atoms with E-state index in [1.54, 1.807) is 30.3 Å². The second-order valence-corrected chi connectivity index (χ2v) is 4.70. The summed E-state index contributed by atoms with van der Waals surface area (Å²) in [5.41, 5.74) is 6.36. The maximum Gasteiger partial charge on any atom is 0.271 e. The number of nitro groups is 1. The number of carbonyl (C=O) groups excluding carboxylic acids is 1. The molecule has 19 heavy (non-hydrogen) atoms. The van der Waals surface area contributed by atoms with E-state index in [-0.39, 0.29) is 22.7 Å². The number of anilines is 1. The van der Waals surface area contributed by atoms with E-state index < -0.39 is 4.92 Å². The highest BCUT2D eigenvalue weighted by molar-refractivity contribution is 9.10. The van der Waals surface area contributed by atoms with Crippen molar-refractivity contribution in [2.24, 2.45) is 0 Å². The number of nitro benzene ring substituents is 1. The van der Waals surface area contributed by atoms with E-state index in [2.05, 4.69) is 15.9 Å². The molecule has 0 saturated carbocycles. The number of nitrogens with zero attached hydrogens (tertiary/aromatic N) is 1. The zero-order chi connectivity index (χ0) is 14.0. The third-order valence-electron chi connectivity index (χ3n) is 2.61. The molecule has 0 bridgehead atoms. The highest BCUT2D eigenvalue weighted by Crippen LogP contribution is 2.30. The van der Waals surface area contributed by atoms with Gasteiger partial charge in [0.25, 0.3) is 5.69 Å².